The number of hydrogen-bond donors (Lipinski definition) is 2. The molecule has 1 fully saturated rings. The third-order valence-corrected chi connectivity index (χ3v) is 2.65. The Labute approximate surface area is 84.4 Å². The molecule has 0 amide bonds. The largest absolute Gasteiger partial charge is 0.460 e. The van der Waals surface area contributed by atoms with E-state index in [1.165, 1.54) is 6.92 Å². The fourth-order valence-corrected chi connectivity index (χ4v) is 1.84. The van der Waals surface area contributed by atoms with E-state index in [0.717, 1.165) is 6.42 Å². The molecule has 1 aliphatic heterocycles. The van der Waals surface area contributed by atoms with E-state index in [0.29, 0.717) is 12.8 Å². The van der Waals surface area contributed by atoms with E-state index >= 15 is 0 Å². The van der Waals surface area contributed by atoms with Crippen LogP contribution in [0.3, 0.4) is 0 Å². The molecule has 4 nitrogen and oxygen atoms in total. The molecule has 0 aromatic carbocycles. The fraction of sp³-hybridized carbons (Fsp3) is 0.889. The normalized spacial score (nSPS) is 30.1. The lowest BCUT2D eigenvalue weighted by atomic mass is 9.64. The third-order valence-electron chi connectivity index (χ3n) is 2.65. The number of carbonyl (C=O) groups excluding carboxylic acids is 1. The van der Waals surface area contributed by atoms with Crippen LogP contribution in [0.15, 0.2) is 0 Å². The van der Waals surface area contributed by atoms with Crippen LogP contribution < -0.4 is 0 Å². The van der Waals surface area contributed by atoms with Gasteiger partial charge in [-0.3, -0.25) is 4.79 Å². The van der Waals surface area contributed by atoms with Crippen LogP contribution in [0.2, 0.25) is 5.82 Å². The summed E-state index contributed by atoms with van der Waals surface area (Å²) in [5.41, 5.74) is 0. The Morgan fingerprint density at radius 2 is 2.29 bits per heavy atom. The molecule has 0 radical (unpaired) electrons. The number of aliphatic hydroxyl groups excluding tert-OH is 1. The second kappa shape index (κ2) is 4.91. The topological polar surface area (TPSA) is 66.8 Å². The number of hydrogen-bond acceptors (Lipinski definition) is 4. The van der Waals surface area contributed by atoms with Crippen LogP contribution in [0, 0.1) is 0 Å². The summed E-state index contributed by atoms with van der Waals surface area (Å²) < 4.78 is 5.25. The molecular formula is C9H17BO4. The summed E-state index contributed by atoms with van der Waals surface area (Å²) in [6.07, 6.45) is 1.04. The molecule has 14 heavy (non-hydrogen) atoms. The predicted molar refractivity (Wildman–Crippen MR) is 52.8 cm³/mol. The number of ketones is 1. The van der Waals surface area contributed by atoms with E-state index in [-0.39, 0.29) is 17.7 Å². The van der Waals surface area contributed by atoms with Gasteiger partial charge in [0.05, 0.1) is 6.10 Å². The van der Waals surface area contributed by atoms with Gasteiger partial charge in [-0.15, -0.1) is 0 Å². The van der Waals surface area contributed by atoms with Gasteiger partial charge in [-0.2, -0.15) is 0 Å². The lowest BCUT2D eigenvalue weighted by Crippen LogP contribution is -2.40. The Morgan fingerprint density at radius 1 is 1.64 bits per heavy atom. The van der Waals surface area contributed by atoms with Crippen LogP contribution in [-0.2, 0) is 9.45 Å². The van der Waals surface area contributed by atoms with E-state index < -0.39 is 13.2 Å². The van der Waals surface area contributed by atoms with Crippen LogP contribution in [0.4, 0.5) is 0 Å². The van der Waals surface area contributed by atoms with Crippen molar-refractivity contribution < 1.29 is 19.6 Å². The van der Waals surface area contributed by atoms with Gasteiger partial charge < -0.3 is 14.8 Å². The second-order valence-electron chi connectivity index (χ2n) is 4.04. The summed E-state index contributed by atoms with van der Waals surface area (Å²) >= 11 is 0. The van der Waals surface area contributed by atoms with E-state index in [9.17, 15) is 14.9 Å². The molecule has 0 spiro atoms. The smallest absolute Gasteiger partial charge is 0.427 e. The van der Waals surface area contributed by atoms with Crippen molar-refractivity contribution in [1.29, 1.82) is 0 Å². The zero-order valence-corrected chi connectivity index (χ0v) is 8.64. The van der Waals surface area contributed by atoms with Crippen molar-refractivity contribution >= 4 is 12.9 Å². The van der Waals surface area contributed by atoms with Gasteiger partial charge in [-0.1, -0.05) is 0 Å². The number of Topliss-reactive ketones (excluding diaryl/α,β-unsaturated/α-hetero) is 1. The lowest BCUT2D eigenvalue weighted by Gasteiger charge is -2.32. The monoisotopic (exact) mass is 200 g/mol. The Balaban J connectivity index is 2.42. The number of carbonyl (C=O) groups is 1. The molecule has 0 aromatic heterocycles. The molecule has 1 aliphatic rings. The van der Waals surface area contributed by atoms with E-state index in [1.807, 2.05) is 0 Å². The maximum Gasteiger partial charge on any atom is 0.460 e. The minimum Gasteiger partial charge on any atom is -0.427 e. The standard InChI is InChI=1S/C9H17BO4/c1-6(11)5-8-3-4-9(7(2)12)10(13)14-8/h7-9,12-13H,3-5H2,1-2H3/t7-,8+,9+/m1/s1. The average molecular weight is 200 g/mol. The van der Waals surface area contributed by atoms with Gasteiger partial charge in [0.1, 0.15) is 5.78 Å². The maximum atomic E-state index is 10.8. The molecule has 0 unspecified atom stereocenters. The van der Waals surface area contributed by atoms with Crippen molar-refractivity contribution in [3.05, 3.63) is 0 Å². The first-order chi connectivity index (χ1) is 6.50. The molecule has 1 saturated heterocycles. The zero-order chi connectivity index (χ0) is 10.7. The first-order valence-corrected chi connectivity index (χ1v) is 5.01. The number of aliphatic hydroxyl groups is 1. The number of rotatable bonds is 3. The highest BCUT2D eigenvalue weighted by molar-refractivity contribution is 6.45. The molecule has 1 rings (SSSR count). The lowest BCUT2D eigenvalue weighted by molar-refractivity contribution is -0.119. The highest BCUT2D eigenvalue weighted by Gasteiger charge is 2.37. The maximum absolute atomic E-state index is 10.8. The molecule has 1 heterocycles. The highest BCUT2D eigenvalue weighted by atomic mass is 16.5. The van der Waals surface area contributed by atoms with E-state index in [2.05, 4.69) is 0 Å². The van der Waals surface area contributed by atoms with Gasteiger partial charge in [-0.05, 0) is 26.7 Å². The molecular weight excluding hydrogens is 183 g/mol. The zero-order valence-electron chi connectivity index (χ0n) is 8.64. The summed E-state index contributed by atoms with van der Waals surface area (Å²) in [6, 6.07) is 0. The summed E-state index contributed by atoms with van der Waals surface area (Å²) in [5.74, 6) is -0.157. The molecule has 0 saturated carbocycles. The molecule has 80 valence electrons. The van der Waals surface area contributed by atoms with Crippen molar-refractivity contribution in [2.75, 3.05) is 0 Å². The van der Waals surface area contributed by atoms with Crippen molar-refractivity contribution in [3.63, 3.8) is 0 Å². The summed E-state index contributed by atoms with van der Waals surface area (Å²) in [5, 5.41) is 18.8. The minimum atomic E-state index is -0.937. The first-order valence-electron chi connectivity index (χ1n) is 5.01. The second-order valence-corrected chi connectivity index (χ2v) is 4.04. The van der Waals surface area contributed by atoms with Gasteiger partial charge in [-0.25, -0.2) is 0 Å². The third kappa shape index (κ3) is 3.08. The van der Waals surface area contributed by atoms with Gasteiger partial charge in [0.2, 0.25) is 0 Å². The highest BCUT2D eigenvalue weighted by Crippen LogP contribution is 2.30. The Hall–Kier alpha value is -0.385. The van der Waals surface area contributed by atoms with E-state index in [4.69, 9.17) is 4.65 Å². The molecule has 2 N–H and O–H groups in total. The van der Waals surface area contributed by atoms with Gasteiger partial charge in [0.25, 0.3) is 0 Å². The predicted octanol–water partition coefficient (Wildman–Crippen LogP) is 0.376. The van der Waals surface area contributed by atoms with E-state index in [1.54, 1.807) is 6.92 Å². The Kier molecular flexibility index (Phi) is 4.10. The SMILES string of the molecule is CC(=O)C[C@@H]1CC[C@@H]([C@@H](C)O)B(O)O1. The van der Waals surface area contributed by atoms with Crippen molar-refractivity contribution in [2.24, 2.45) is 0 Å². The minimum absolute atomic E-state index is 0.0673. The Bertz CT molecular complexity index is 207. The first kappa shape index (κ1) is 11.7. The molecule has 3 atom stereocenters. The van der Waals surface area contributed by atoms with Crippen LogP contribution >= 0.6 is 0 Å². The van der Waals surface area contributed by atoms with Crippen LogP contribution in [0.1, 0.15) is 33.1 Å². The molecule has 0 aliphatic carbocycles. The summed E-state index contributed by atoms with van der Waals surface area (Å²) in [6.45, 7) is 3.15. The molecule has 0 aromatic rings. The quantitative estimate of drug-likeness (QED) is 0.646. The average Bonchev–Trinajstić information content (AvgIpc) is 2.01. The molecule has 0 bridgehead atoms. The molecule has 5 heteroatoms. The van der Waals surface area contributed by atoms with Crippen molar-refractivity contribution in [3.8, 4) is 0 Å². The van der Waals surface area contributed by atoms with Crippen LogP contribution in [-0.4, -0.2) is 35.2 Å². The van der Waals surface area contributed by atoms with Gasteiger partial charge >= 0.3 is 7.12 Å². The fourth-order valence-electron chi connectivity index (χ4n) is 1.84. The van der Waals surface area contributed by atoms with Crippen LogP contribution in [0.25, 0.3) is 0 Å². The van der Waals surface area contributed by atoms with Crippen LogP contribution in [0.5, 0.6) is 0 Å². The summed E-state index contributed by atoms with van der Waals surface area (Å²) in [7, 11) is -0.937. The Morgan fingerprint density at radius 3 is 2.71 bits per heavy atom. The summed E-state index contributed by atoms with van der Waals surface area (Å²) in [4.78, 5) is 10.8. The van der Waals surface area contributed by atoms with Gasteiger partial charge in [0.15, 0.2) is 0 Å². The van der Waals surface area contributed by atoms with Crippen molar-refractivity contribution in [1.82, 2.24) is 0 Å². The van der Waals surface area contributed by atoms with Gasteiger partial charge in [0, 0.05) is 18.3 Å². The van der Waals surface area contributed by atoms with Crippen molar-refractivity contribution in [2.45, 2.75) is 51.1 Å².